The maximum Gasteiger partial charge on any atom is 0.306 e. The number of unbranched alkanes of at least 4 members (excludes halogenated alkanes) is 37. The Morgan fingerprint density at radius 2 is 0.541 bits per heavy atom. The predicted molar refractivity (Wildman–Crippen MR) is 261 cm³/mol. The summed E-state index contributed by atoms with van der Waals surface area (Å²) in [6.45, 7) is 6.58. The summed E-state index contributed by atoms with van der Waals surface area (Å²) in [6, 6.07) is 0. The molecule has 6 nitrogen and oxygen atoms in total. The van der Waals surface area contributed by atoms with Crippen molar-refractivity contribution >= 4 is 17.9 Å². The van der Waals surface area contributed by atoms with Crippen LogP contribution in [0.1, 0.15) is 303 Å². The SMILES string of the molecule is CCCCCCCC/C=C\CCCCCCCC(=O)OC(COC(=O)CCCCCCC)COC(=O)CCCCCCCCCCCCCCCCCCCCCCCCC. The molecule has 0 saturated heterocycles. The number of hydrogen-bond donors (Lipinski definition) is 0. The third kappa shape index (κ3) is 49.0. The van der Waals surface area contributed by atoms with Crippen molar-refractivity contribution in [2.24, 2.45) is 0 Å². The van der Waals surface area contributed by atoms with E-state index in [1.165, 1.54) is 193 Å². The number of carbonyl (C=O) groups excluding carboxylic acids is 3. The minimum atomic E-state index is -0.766. The van der Waals surface area contributed by atoms with E-state index in [9.17, 15) is 14.4 Å². The van der Waals surface area contributed by atoms with Gasteiger partial charge in [0.15, 0.2) is 6.10 Å². The largest absolute Gasteiger partial charge is 0.462 e. The summed E-state index contributed by atoms with van der Waals surface area (Å²) in [6.07, 6.45) is 56.8. The summed E-state index contributed by atoms with van der Waals surface area (Å²) in [5.74, 6) is -0.876. The number of ether oxygens (including phenoxy) is 3. The molecule has 6 heteroatoms. The average molecular weight is 861 g/mol. The van der Waals surface area contributed by atoms with Crippen LogP contribution in [0.5, 0.6) is 0 Å². The van der Waals surface area contributed by atoms with Gasteiger partial charge < -0.3 is 14.2 Å². The van der Waals surface area contributed by atoms with E-state index in [0.29, 0.717) is 19.3 Å². The summed E-state index contributed by atoms with van der Waals surface area (Å²) < 4.78 is 16.7. The predicted octanol–water partition coefficient (Wildman–Crippen LogP) is 17.8. The van der Waals surface area contributed by atoms with Crippen LogP contribution in [0.2, 0.25) is 0 Å². The number of carbonyl (C=O) groups is 3. The second-order valence-corrected chi connectivity index (χ2v) is 18.5. The van der Waals surface area contributed by atoms with Crippen LogP contribution in [-0.4, -0.2) is 37.2 Å². The fourth-order valence-corrected chi connectivity index (χ4v) is 8.14. The zero-order valence-electron chi connectivity index (χ0n) is 41.2. The number of esters is 3. The van der Waals surface area contributed by atoms with E-state index in [-0.39, 0.29) is 31.1 Å². The number of allylic oxidation sites excluding steroid dienone is 2. The van der Waals surface area contributed by atoms with Gasteiger partial charge in [0.1, 0.15) is 13.2 Å². The molecule has 0 aliphatic rings. The first kappa shape index (κ1) is 59.1. The Balaban J connectivity index is 4.04. The topological polar surface area (TPSA) is 78.9 Å². The van der Waals surface area contributed by atoms with Crippen molar-refractivity contribution in [1.29, 1.82) is 0 Å². The number of hydrogen-bond acceptors (Lipinski definition) is 6. The van der Waals surface area contributed by atoms with Crippen LogP contribution in [0.4, 0.5) is 0 Å². The van der Waals surface area contributed by atoms with Crippen LogP contribution in [0.15, 0.2) is 12.2 Å². The third-order valence-corrected chi connectivity index (χ3v) is 12.3. The monoisotopic (exact) mass is 861 g/mol. The lowest BCUT2D eigenvalue weighted by Crippen LogP contribution is -2.30. The van der Waals surface area contributed by atoms with E-state index in [1.54, 1.807) is 0 Å². The molecule has 0 fully saturated rings. The molecule has 61 heavy (non-hydrogen) atoms. The fraction of sp³-hybridized carbons (Fsp3) is 0.909. The third-order valence-electron chi connectivity index (χ3n) is 12.3. The zero-order chi connectivity index (χ0) is 44.4. The standard InChI is InChI=1S/C55H104O6/c1-4-7-10-13-15-17-19-21-23-24-25-26-27-28-29-30-32-33-35-37-39-42-45-48-54(57)60-51-52(50-59-53(56)47-44-41-12-9-6-3)61-55(58)49-46-43-40-38-36-34-31-22-20-18-16-14-11-8-5-2/h22,31,52H,4-21,23-30,32-51H2,1-3H3/b31-22-. The van der Waals surface area contributed by atoms with Gasteiger partial charge in [-0.05, 0) is 44.9 Å². The Morgan fingerprint density at radius 3 is 0.820 bits per heavy atom. The van der Waals surface area contributed by atoms with Gasteiger partial charge >= 0.3 is 17.9 Å². The highest BCUT2D eigenvalue weighted by Crippen LogP contribution is 2.17. The van der Waals surface area contributed by atoms with E-state index in [1.807, 2.05) is 0 Å². The maximum absolute atomic E-state index is 12.7. The molecular formula is C55H104O6. The Morgan fingerprint density at radius 1 is 0.311 bits per heavy atom. The van der Waals surface area contributed by atoms with E-state index < -0.39 is 6.10 Å². The Kier molecular flexibility index (Phi) is 49.3. The molecule has 360 valence electrons. The van der Waals surface area contributed by atoms with Crippen molar-refractivity contribution < 1.29 is 28.6 Å². The molecule has 0 bridgehead atoms. The van der Waals surface area contributed by atoms with Crippen molar-refractivity contribution in [3.05, 3.63) is 12.2 Å². The molecule has 1 atom stereocenters. The molecule has 0 amide bonds. The van der Waals surface area contributed by atoms with Crippen LogP contribution < -0.4 is 0 Å². The molecule has 0 radical (unpaired) electrons. The minimum Gasteiger partial charge on any atom is -0.462 e. The van der Waals surface area contributed by atoms with Crippen LogP contribution >= 0.6 is 0 Å². The molecule has 0 saturated carbocycles. The summed E-state index contributed by atoms with van der Waals surface area (Å²) in [4.78, 5) is 37.7. The summed E-state index contributed by atoms with van der Waals surface area (Å²) in [5, 5.41) is 0. The van der Waals surface area contributed by atoms with E-state index in [0.717, 1.165) is 70.6 Å². The number of rotatable bonds is 50. The Bertz CT molecular complexity index is 947. The molecular weight excluding hydrogens is 757 g/mol. The van der Waals surface area contributed by atoms with Crippen LogP contribution in [0.25, 0.3) is 0 Å². The molecule has 0 aromatic rings. The molecule has 0 aromatic heterocycles. The Hall–Kier alpha value is -1.85. The highest BCUT2D eigenvalue weighted by atomic mass is 16.6. The molecule has 0 rings (SSSR count). The molecule has 0 aliphatic carbocycles. The highest BCUT2D eigenvalue weighted by molar-refractivity contribution is 5.71. The van der Waals surface area contributed by atoms with Gasteiger partial charge in [0.2, 0.25) is 0 Å². The normalized spacial score (nSPS) is 12.0. The summed E-state index contributed by atoms with van der Waals surface area (Å²) >= 11 is 0. The second-order valence-electron chi connectivity index (χ2n) is 18.5. The molecule has 0 aromatic carbocycles. The lowest BCUT2D eigenvalue weighted by Gasteiger charge is -2.18. The first-order valence-corrected chi connectivity index (χ1v) is 27.2. The van der Waals surface area contributed by atoms with Gasteiger partial charge in [0.05, 0.1) is 0 Å². The van der Waals surface area contributed by atoms with Crippen molar-refractivity contribution in [2.75, 3.05) is 13.2 Å². The van der Waals surface area contributed by atoms with Gasteiger partial charge in [-0.25, -0.2) is 0 Å². The van der Waals surface area contributed by atoms with Crippen molar-refractivity contribution in [3.8, 4) is 0 Å². The first-order valence-electron chi connectivity index (χ1n) is 27.2. The van der Waals surface area contributed by atoms with Gasteiger partial charge in [-0.2, -0.15) is 0 Å². The summed E-state index contributed by atoms with van der Waals surface area (Å²) in [5.41, 5.74) is 0. The van der Waals surface area contributed by atoms with Crippen molar-refractivity contribution in [2.45, 2.75) is 309 Å². The first-order chi connectivity index (χ1) is 30.0. The van der Waals surface area contributed by atoms with Crippen LogP contribution in [0.3, 0.4) is 0 Å². The van der Waals surface area contributed by atoms with Gasteiger partial charge in [0.25, 0.3) is 0 Å². The maximum atomic E-state index is 12.7. The summed E-state index contributed by atoms with van der Waals surface area (Å²) in [7, 11) is 0. The highest BCUT2D eigenvalue weighted by Gasteiger charge is 2.19. The quantitative estimate of drug-likeness (QED) is 0.0262. The lowest BCUT2D eigenvalue weighted by molar-refractivity contribution is -0.167. The molecule has 0 N–H and O–H groups in total. The van der Waals surface area contributed by atoms with Crippen LogP contribution in [0, 0.1) is 0 Å². The minimum absolute atomic E-state index is 0.0694. The molecule has 0 spiro atoms. The van der Waals surface area contributed by atoms with E-state index in [2.05, 4.69) is 32.9 Å². The molecule has 0 heterocycles. The van der Waals surface area contributed by atoms with Crippen LogP contribution in [-0.2, 0) is 28.6 Å². The molecule has 0 aliphatic heterocycles. The zero-order valence-corrected chi connectivity index (χ0v) is 41.2. The van der Waals surface area contributed by atoms with Gasteiger partial charge in [0, 0.05) is 19.3 Å². The smallest absolute Gasteiger partial charge is 0.306 e. The Labute approximate surface area is 380 Å². The molecule has 1 unspecified atom stereocenters. The van der Waals surface area contributed by atoms with Gasteiger partial charge in [-0.15, -0.1) is 0 Å². The second kappa shape index (κ2) is 50.8. The van der Waals surface area contributed by atoms with Crippen molar-refractivity contribution in [3.63, 3.8) is 0 Å². The fourth-order valence-electron chi connectivity index (χ4n) is 8.14. The van der Waals surface area contributed by atoms with E-state index in [4.69, 9.17) is 14.2 Å². The van der Waals surface area contributed by atoms with E-state index >= 15 is 0 Å². The van der Waals surface area contributed by atoms with Crippen molar-refractivity contribution in [1.82, 2.24) is 0 Å². The lowest BCUT2D eigenvalue weighted by atomic mass is 10.0. The van der Waals surface area contributed by atoms with Gasteiger partial charge in [-0.1, -0.05) is 251 Å². The average Bonchev–Trinajstić information content (AvgIpc) is 3.26. The van der Waals surface area contributed by atoms with Gasteiger partial charge in [-0.3, -0.25) is 14.4 Å².